The first-order chi connectivity index (χ1) is 24.8. The molecule has 2 aliphatic rings. The van der Waals surface area contributed by atoms with Crippen LogP contribution in [0.3, 0.4) is 0 Å². The maximum atomic E-state index is 6.78. The van der Waals surface area contributed by atoms with Crippen molar-refractivity contribution >= 4 is 73.1 Å². The molecule has 5 nitrogen and oxygen atoms in total. The molecular formula is C44H26BNO4. The molecule has 11 rings (SSSR count). The zero-order valence-corrected chi connectivity index (χ0v) is 26.7. The van der Waals surface area contributed by atoms with Crippen LogP contribution < -0.4 is 30.8 Å². The number of rotatable bonds is 4. The highest BCUT2D eigenvalue weighted by molar-refractivity contribution is 6.98. The molecule has 0 saturated carbocycles. The summed E-state index contributed by atoms with van der Waals surface area (Å²) in [6.45, 7) is -0.0200. The second kappa shape index (κ2) is 10.4. The first-order valence-corrected chi connectivity index (χ1v) is 16.8. The van der Waals surface area contributed by atoms with Crippen LogP contribution in [-0.2, 0) is 0 Å². The molecule has 0 saturated heterocycles. The molecule has 234 valence electrons. The summed E-state index contributed by atoms with van der Waals surface area (Å²) in [7, 11) is 0. The zero-order chi connectivity index (χ0) is 32.8. The van der Waals surface area contributed by atoms with Gasteiger partial charge in [-0.1, -0.05) is 97.1 Å². The third kappa shape index (κ3) is 3.90. The van der Waals surface area contributed by atoms with Crippen molar-refractivity contribution in [1.29, 1.82) is 0 Å². The lowest BCUT2D eigenvalue weighted by molar-refractivity contribution is 0.465. The molecule has 0 fully saturated rings. The van der Waals surface area contributed by atoms with Gasteiger partial charge in [0.1, 0.15) is 34.2 Å². The Morgan fingerprint density at radius 2 is 1.18 bits per heavy atom. The number of hydrogen-bond acceptors (Lipinski definition) is 5. The van der Waals surface area contributed by atoms with Crippen LogP contribution in [0.25, 0.3) is 44.0 Å². The van der Waals surface area contributed by atoms with E-state index in [1.54, 1.807) is 6.26 Å². The van der Waals surface area contributed by atoms with E-state index in [4.69, 9.17) is 18.3 Å². The van der Waals surface area contributed by atoms with E-state index >= 15 is 0 Å². The van der Waals surface area contributed by atoms with Gasteiger partial charge in [0.05, 0.1) is 23.3 Å². The van der Waals surface area contributed by atoms with Gasteiger partial charge in [-0.05, 0) is 59.0 Å². The van der Waals surface area contributed by atoms with Crippen molar-refractivity contribution in [3.63, 3.8) is 0 Å². The van der Waals surface area contributed by atoms with Gasteiger partial charge in [0.2, 0.25) is 0 Å². The van der Waals surface area contributed by atoms with E-state index in [-0.39, 0.29) is 6.71 Å². The van der Waals surface area contributed by atoms with Gasteiger partial charge in [-0.3, -0.25) is 0 Å². The Hall–Kier alpha value is -6.66. The number of furan rings is 2. The highest BCUT2D eigenvalue weighted by atomic mass is 16.5. The summed E-state index contributed by atoms with van der Waals surface area (Å²) in [5.41, 5.74) is 10.6. The molecule has 0 radical (unpaired) electrons. The fourth-order valence-corrected chi connectivity index (χ4v) is 7.93. The zero-order valence-electron chi connectivity index (χ0n) is 26.7. The molecule has 0 aliphatic carbocycles. The number of nitrogens with zero attached hydrogens (tertiary/aromatic N) is 1. The third-order valence-corrected chi connectivity index (χ3v) is 10.1. The van der Waals surface area contributed by atoms with Gasteiger partial charge >= 0.3 is 0 Å². The molecule has 0 unspecified atom stereocenters. The van der Waals surface area contributed by atoms with E-state index in [0.29, 0.717) is 0 Å². The Bertz CT molecular complexity index is 2730. The molecule has 2 aromatic heterocycles. The van der Waals surface area contributed by atoms with Gasteiger partial charge in [0, 0.05) is 39.3 Å². The fourth-order valence-electron chi connectivity index (χ4n) is 7.93. The van der Waals surface area contributed by atoms with Gasteiger partial charge in [0.25, 0.3) is 6.71 Å². The topological polar surface area (TPSA) is 48.0 Å². The fraction of sp³-hybridized carbons (Fsp3) is 0. The van der Waals surface area contributed by atoms with Crippen LogP contribution in [0.2, 0.25) is 0 Å². The summed E-state index contributed by atoms with van der Waals surface area (Å²) in [5, 5.41) is 3.08. The van der Waals surface area contributed by atoms with Crippen LogP contribution in [0.4, 0.5) is 17.1 Å². The maximum Gasteiger partial charge on any atom is 0.260 e. The second-order valence-electron chi connectivity index (χ2n) is 12.8. The molecule has 0 spiro atoms. The van der Waals surface area contributed by atoms with E-state index in [2.05, 4.69) is 114 Å². The first-order valence-electron chi connectivity index (χ1n) is 16.8. The van der Waals surface area contributed by atoms with Crippen molar-refractivity contribution in [2.45, 2.75) is 0 Å². The van der Waals surface area contributed by atoms with E-state index in [9.17, 15) is 0 Å². The van der Waals surface area contributed by atoms with Crippen LogP contribution >= 0.6 is 0 Å². The van der Waals surface area contributed by atoms with Gasteiger partial charge in [-0.15, -0.1) is 0 Å². The van der Waals surface area contributed by atoms with Crippen LogP contribution in [0.1, 0.15) is 0 Å². The average molecular weight is 644 g/mol. The molecule has 6 heteroatoms. The summed E-state index contributed by atoms with van der Waals surface area (Å²) in [5.74, 6) is 3.21. The Kier molecular flexibility index (Phi) is 5.69. The number of para-hydroxylation sites is 4. The van der Waals surface area contributed by atoms with Crippen molar-refractivity contribution in [3.05, 3.63) is 158 Å². The quantitative estimate of drug-likeness (QED) is 0.179. The predicted octanol–water partition coefficient (Wildman–Crippen LogP) is 10.2. The lowest BCUT2D eigenvalue weighted by atomic mass is 9.35. The van der Waals surface area contributed by atoms with Crippen LogP contribution in [-0.4, -0.2) is 6.71 Å². The average Bonchev–Trinajstić information content (AvgIpc) is 3.81. The summed E-state index contributed by atoms with van der Waals surface area (Å²) < 4.78 is 26.3. The molecule has 4 heterocycles. The molecule has 9 aromatic rings. The largest absolute Gasteiger partial charge is 0.464 e. The molecule has 0 bridgehead atoms. The Morgan fingerprint density at radius 3 is 1.96 bits per heavy atom. The van der Waals surface area contributed by atoms with Crippen molar-refractivity contribution in [1.82, 2.24) is 0 Å². The number of anilines is 3. The van der Waals surface area contributed by atoms with E-state index in [1.165, 1.54) is 0 Å². The van der Waals surface area contributed by atoms with Gasteiger partial charge < -0.3 is 23.2 Å². The van der Waals surface area contributed by atoms with Crippen LogP contribution in [0, 0.1) is 0 Å². The third-order valence-electron chi connectivity index (χ3n) is 10.1. The van der Waals surface area contributed by atoms with E-state index in [1.807, 2.05) is 42.5 Å². The van der Waals surface area contributed by atoms with Crippen LogP contribution in [0.15, 0.2) is 167 Å². The lowest BCUT2D eigenvalue weighted by Gasteiger charge is -2.35. The Labute approximate surface area is 287 Å². The lowest BCUT2D eigenvalue weighted by Crippen LogP contribution is -2.57. The smallest absolute Gasteiger partial charge is 0.260 e. The monoisotopic (exact) mass is 643 g/mol. The number of hydrogen-bond donors (Lipinski definition) is 0. The normalized spacial score (nSPS) is 12.7. The summed E-state index contributed by atoms with van der Waals surface area (Å²) in [6, 6.07) is 52.2. The van der Waals surface area contributed by atoms with E-state index in [0.717, 1.165) is 100 Å². The molecule has 0 amide bonds. The minimum atomic E-state index is -0.0200. The van der Waals surface area contributed by atoms with Gasteiger partial charge in [0.15, 0.2) is 5.58 Å². The maximum absolute atomic E-state index is 6.78. The van der Waals surface area contributed by atoms with Crippen LogP contribution in [0.5, 0.6) is 23.0 Å². The SMILES string of the molecule is c1ccc(-c2ccc3occc3c2N(c2cc3c4c(c2)Oc2ccccc2B4c2ccccc2O3)c2cccc3c2oc2ccccc23)cc1. The molecular weight excluding hydrogens is 617 g/mol. The van der Waals surface area contributed by atoms with Crippen molar-refractivity contribution < 1.29 is 18.3 Å². The second-order valence-corrected chi connectivity index (χ2v) is 12.8. The molecule has 50 heavy (non-hydrogen) atoms. The summed E-state index contributed by atoms with van der Waals surface area (Å²) >= 11 is 0. The van der Waals surface area contributed by atoms with Crippen molar-refractivity contribution in [2.75, 3.05) is 4.90 Å². The first kappa shape index (κ1) is 27.3. The standard InChI is InChI=1S/C44H26BNO4/c1-2-11-27(12-3-1)29-21-22-36-32(23-24-47-36)43(29)46(35-17-10-14-31-30-13-4-7-18-37(30)50-44(31)35)28-25-40-42-41(26-28)49-39-20-9-6-16-34(39)45(42)33-15-5-8-19-38(33)48-40/h1-26H. The molecule has 0 atom stereocenters. The molecule has 0 N–H and O–H groups in total. The minimum Gasteiger partial charge on any atom is -0.464 e. The number of fused-ring (bicyclic) bond motifs is 8. The molecule has 2 aliphatic heterocycles. The van der Waals surface area contributed by atoms with E-state index < -0.39 is 0 Å². The van der Waals surface area contributed by atoms with Crippen molar-refractivity contribution in [2.24, 2.45) is 0 Å². The Balaban J connectivity index is 1.24. The summed E-state index contributed by atoms with van der Waals surface area (Å²) in [4.78, 5) is 2.28. The van der Waals surface area contributed by atoms with Gasteiger partial charge in [-0.2, -0.15) is 0 Å². The van der Waals surface area contributed by atoms with Crippen molar-refractivity contribution in [3.8, 4) is 34.1 Å². The highest BCUT2D eigenvalue weighted by Gasteiger charge is 2.41. The Morgan fingerprint density at radius 1 is 0.500 bits per heavy atom. The minimum absolute atomic E-state index is 0.0200. The molecule has 7 aromatic carbocycles. The highest BCUT2D eigenvalue weighted by Crippen LogP contribution is 2.50. The predicted molar refractivity (Wildman–Crippen MR) is 201 cm³/mol. The number of ether oxygens (including phenoxy) is 2. The summed E-state index contributed by atoms with van der Waals surface area (Å²) in [6.07, 6.45) is 1.75. The van der Waals surface area contributed by atoms with Gasteiger partial charge in [-0.25, -0.2) is 0 Å². The number of benzene rings is 7.